The predicted octanol–water partition coefficient (Wildman–Crippen LogP) is 2.83. The molecule has 2 aromatic rings. The van der Waals surface area contributed by atoms with Gasteiger partial charge in [0.15, 0.2) is 0 Å². The Morgan fingerprint density at radius 2 is 2.03 bits per heavy atom. The van der Waals surface area contributed by atoms with E-state index in [1.807, 2.05) is 0 Å². The van der Waals surface area contributed by atoms with E-state index >= 15 is 0 Å². The van der Waals surface area contributed by atoms with Crippen LogP contribution < -0.4 is 5.73 Å². The number of fused-ring (bicyclic) bond motifs is 1. The second-order valence-electron chi connectivity index (χ2n) is 8.64. The molecule has 0 fully saturated rings. The number of rotatable bonds is 7. The van der Waals surface area contributed by atoms with Crippen LogP contribution in [0.3, 0.4) is 0 Å². The summed E-state index contributed by atoms with van der Waals surface area (Å²) in [6.07, 6.45) is 1.59. The monoisotopic (exact) mass is 459 g/mol. The number of halogens is 1. The number of nitrogens with two attached hydrogens (primary N) is 1. The summed E-state index contributed by atoms with van der Waals surface area (Å²) in [5.74, 6) is -1.47. The first-order valence-electron chi connectivity index (χ1n) is 10.2. The van der Waals surface area contributed by atoms with Gasteiger partial charge in [0.1, 0.15) is 11.6 Å². The van der Waals surface area contributed by atoms with Crippen LogP contribution in [0.4, 0.5) is 0 Å². The number of carbonyl (C=O) groups is 3. The Kier molecular flexibility index (Phi) is 6.85. The average Bonchev–Trinajstić information content (AvgIpc) is 3.02. The molecule has 1 aliphatic heterocycles. The topological polar surface area (TPSA) is 123 Å². The van der Waals surface area contributed by atoms with E-state index in [0.717, 1.165) is 0 Å². The van der Waals surface area contributed by atoms with Crippen molar-refractivity contribution < 1.29 is 24.2 Å². The fraction of sp³-hybridized carbons (Fsp3) is 0.391. The van der Waals surface area contributed by atoms with Gasteiger partial charge in [0.25, 0.3) is 5.91 Å². The lowest BCUT2D eigenvalue weighted by Crippen LogP contribution is -2.45. The molecule has 170 valence electrons. The maximum Gasteiger partial charge on any atom is 0.306 e. The van der Waals surface area contributed by atoms with Crippen LogP contribution in [-0.2, 0) is 27.5 Å². The third-order valence-corrected chi connectivity index (χ3v) is 5.52. The van der Waals surface area contributed by atoms with E-state index in [2.05, 4.69) is 4.98 Å². The highest BCUT2D eigenvalue weighted by Gasteiger charge is 2.36. The summed E-state index contributed by atoms with van der Waals surface area (Å²) in [5, 5.41) is 9.78. The molecule has 2 heterocycles. The number of hydrogen-bond donors (Lipinski definition) is 2. The van der Waals surface area contributed by atoms with Crippen LogP contribution in [0.1, 0.15) is 55.1 Å². The van der Waals surface area contributed by atoms with Gasteiger partial charge >= 0.3 is 5.97 Å². The highest BCUT2D eigenvalue weighted by atomic mass is 35.5. The lowest BCUT2D eigenvalue weighted by molar-refractivity contribution is -0.155. The summed E-state index contributed by atoms with van der Waals surface area (Å²) < 4.78 is 5.28. The van der Waals surface area contributed by atoms with Gasteiger partial charge in [-0.25, -0.2) is 0 Å². The van der Waals surface area contributed by atoms with Gasteiger partial charge < -0.3 is 20.5 Å². The third kappa shape index (κ3) is 5.08. The van der Waals surface area contributed by atoms with Crippen LogP contribution in [0.15, 0.2) is 30.5 Å². The van der Waals surface area contributed by atoms with E-state index in [-0.39, 0.29) is 31.9 Å². The summed E-state index contributed by atoms with van der Waals surface area (Å²) >= 11 is 6.36. The number of ether oxygens (including phenoxy) is 1. The van der Waals surface area contributed by atoms with Crippen LogP contribution in [0, 0.1) is 0 Å². The lowest BCUT2D eigenvalue weighted by Gasteiger charge is -2.25. The molecule has 3 N–H and O–H groups in total. The largest absolute Gasteiger partial charge is 0.460 e. The van der Waals surface area contributed by atoms with Crippen molar-refractivity contribution in [1.29, 1.82) is 0 Å². The van der Waals surface area contributed by atoms with Crippen LogP contribution >= 0.6 is 11.6 Å². The molecule has 1 aromatic heterocycles. The van der Waals surface area contributed by atoms with Gasteiger partial charge in [-0.05, 0) is 56.5 Å². The van der Waals surface area contributed by atoms with E-state index in [0.29, 0.717) is 33.0 Å². The van der Waals surface area contributed by atoms with Gasteiger partial charge in [-0.15, -0.1) is 0 Å². The SMILES string of the molecule is CC(C)(C)OC(=O)CCC(C(N)=O)N1Cc2cc(-c3nccc(CO)c3Cl)ccc2C1=O. The van der Waals surface area contributed by atoms with E-state index in [4.69, 9.17) is 22.1 Å². The Labute approximate surface area is 191 Å². The van der Waals surface area contributed by atoms with Gasteiger partial charge in [0.05, 0.1) is 17.3 Å². The van der Waals surface area contributed by atoms with Crippen LogP contribution in [0.25, 0.3) is 11.3 Å². The first-order valence-corrected chi connectivity index (χ1v) is 10.6. The number of nitrogens with zero attached hydrogens (tertiary/aromatic N) is 2. The molecule has 9 heteroatoms. The molecule has 1 atom stereocenters. The van der Waals surface area contributed by atoms with Gasteiger partial charge in [0, 0.05) is 30.3 Å². The molecular weight excluding hydrogens is 434 g/mol. The molecule has 8 nitrogen and oxygen atoms in total. The third-order valence-electron chi connectivity index (χ3n) is 5.10. The Balaban J connectivity index is 1.81. The molecule has 2 amide bonds. The highest BCUT2D eigenvalue weighted by molar-refractivity contribution is 6.33. The summed E-state index contributed by atoms with van der Waals surface area (Å²) in [5.41, 5.74) is 7.79. The molecular formula is C23H26ClN3O5. The number of pyridine rings is 1. The van der Waals surface area contributed by atoms with Crippen molar-refractivity contribution >= 4 is 29.4 Å². The van der Waals surface area contributed by atoms with Gasteiger partial charge in [-0.1, -0.05) is 17.7 Å². The number of primary amides is 1. The first-order chi connectivity index (χ1) is 15.0. The van der Waals surface area contributed by atoms with Gasteiger partial charge in [-0.2, -0.15) is 0 Å². The molecule has 1 aromatic carbocycles. The Morgan fingerprint density at radius 1 is 1.31 bits per heavy atom. The van der Waals surface area contributed by atoms with Gasteiger partial charge in [0.2, 0.25) is 5.91 Å². The molecule has 0 radical (unpaired) electrons. The molecule has 0 saturated carbocycles. The van der Waals surface area contributed by atoms with E-state index in [1.54, 1.807) is 51.2 Å². The maximum atomic E-state index is 13.0. The van der Waals surface area contributed by atoms with E-state index in [9.17, 15) is 19.5 Å². The summed E-state index contributed by atoms with van der Waals surface area (Å²) in [6, 6.07) is 5.85. The maximum absolute atomic E-state index is 13.0. The molecule has 0 saturated heterocycles. The van der Waals surface area contributed by atoms with Crippen molar-refractivity contribution in [2.75, 3.05) is 0 Å². The van der Waals surface area contributed by atoms with E-state index < -0.39 is 23.5 Å². The fourth-order valence-electron chi connectivity index (χ4n) is 3.65. The summed E-state index contributed by atoms with van der Waals surface area (Å²) in [4.78, 5) is 42.8. The van der Waals surface area contributed by atoms with Crippen molar-refractivity contribution in [2.45, 2.75) is 58.4 Å². The molecule has 0 spiro atoms. The molecule has 1 unspecified atom stereocenters. The Bertz CT molecular complexity index is 1060. The number of aliphatic hydroxyl groups is 1. The van der Waals surface area contributed by atoms with Gasteiger partial charge in [-0.3, -0.25) is 19.4 Å². The second kappa shape index (κ2) is 9.26. The van der Waals surface area contributed by atoms with Crippen LogP contribution in [0.5, 0.6) is 0 Å². The molecule has 3 rings (SSSR count). The van der Waals surface area contributed by atoms with Crippen molar-refractivity contribution in [2.24, 2.45) is 5.73 Å². The zero-order chi connectivity index (χ0) is 23.6. The number of aliphatic hydroxyl groups excluding tert-OH is 1. The normalized spacial score (nSPS) is 14.3. The highest BCUT2D eigenvalue weighted by Crippen LogP contribution is 2.33. The first kappa shape index (κ1) is 23.7. The zero-order valence-corrected chi connectivity index (χ0v) is 19.0. The molecule has 0 aliphatic carbocycles. The average molecular weight is 460 g/mol. The van der Waals surface area contributed by atoms with Crippen LogP contribution in [0.2, 0.25) is 5.02 Å². The second-order valence-corrected chi connectivity index (χ2v) is 9.02. The number of benzene rings is 1. The number of amides is 2. The van der Waals surface area contributed by atoms with Crippen molar-refractivity contribution in [3.8, 4) is 11.3 Å². The summed E-state index contributed by atoms with van der Waals surface area (Å²) in [7, 11) is 0. The zero-order valence-electron chi connectivity index (χ0n) is 18.2. The van der Waals surface area contributed by atoms with E-state index in [1.165, 1.54) is 4.90 Å². The Morgan fingerprint density at radius 3 is 2.66 bits per heavy atom. The molecule has 32 heavy (non-hydrogen) atoms. The smallest absolute Gasteiger partial charge is 0.306 e. The quantitative estimate of drug-likeness (QED) is 0.614. The fourth-order valence-corrected chi connectivity index (χ4v) is 3.93. The lowest BCUT2D eigenvalue weighted by atomic mass is 10.0. The minimum absolute atomic E-state index is 0.0380. The standard InChI is InChI=1S/C23H26ClN3O5/c1-23(2,3)32-18(29)7-6-17(21(25)30)27-11-15-10-13(4-5-16(15)22(27)31)20-19(24)14(12-28)8-9-26-20/h4-5,8-10,17,28H,6-7,11-12H2,1-3H3,(H2,25,30). The number of carbonyl (C=O) groups excluding carboxylic acids is 3. The minimum Gasteiger partial charge on any atom is -0.460 e. The Hall–Kier alpha value is -2.97. The molecule has 0 bridgehead atoms. The number of aromatic nitrogens is 1. The minimum atomic E-state index is -0.940. The van der Waals surface area contributed by atoms with Crippen molar-refractivity contribution in [3.63, 3.8) is 0 Å². The number of hydrogen-bond acceptors (Lipinski definition) is 6. The number of esters is 1. The predicted molar refractivity (Wildman–Crippen MR) is 119 cm³/mol. The van der Waals surface area contributed by atoms with Crippen molar-refractivity contribution in [1.82, 2.24) is 9.88 Å². The molecule has 1 aliphatic rings. The van der Waals surface area contributed by atoms with Crippen molar-refractivity contribution in [3.05, 3.63) is 52.2 Å². The van der Waals surface area contributed by atoms with Crippen LogP contribution in [-0.4, -0.2) is 44.4 Å². The summed E-state index contributed by atoms with van der Waals surface area (Å²) in [6.45, 7) is 5.22.